The molecule has 0 saturated heterocycles. The summed E-state index contributed by atoms with van der Waals surface area (Å²) in [5.41, 5.74) is 0. The van der Waals surface area contributed by atoms with Crippen LogP contribution in [0.25, 0.3) is 0 Å². The van der Waals surface area contributed by atoms with E-state index < -0.39 is 26.5 Å². The van der Waals surface area contributed by atoms with Gasteiger partial charge in [0.2, 0.25) is 0 Å². The Balaban J connectivity index is 5.66. The Morgan fingerprint density at radius 2 is 1.09 bits per heavy atom. The van der Waals surface area contributed by atoms with Gasteiger partial charge in [0.25, 0.3) is 0 Å². The molecule has 0 radical (unpaired) electrons. The summed E-state index contributed by atoms with van der Waals surface area (Å²) in [4.78, 5) is 0. The summed E-state index contributed by atoms with van der Waals surface area (Å²) in [5, 5.41) is 0. The van der Waals surface area contributed by atoms with Gasteiger partial charge in [0.15, 0.2) is 0 Å². The van der Waals surface area contributed by atoms with Gasteiger partial charge in [-0.1, -0.05) is 0 Å². The van der Waals surface area contributed by atoms with E-state index in [1.54, 1.807) is 13.3 Å². The van der Waals surface area contributed by atoms with Gasteiger partial charge >= 0.3 is 154 Å². The molecule has 0 heterocycles. The van der Waals surface area contributed by atoms with E-state index in [-0.39, 0.29) is 0 Å². The fraction of sp³-hybridized carbons (Fsp3) is 0.905. The molecule has 0 bridgehead atoms. The van der Waals surface area contributed by atoms with E-state index in [4.69, 9.17) is 0 Å². The van der Waals surface area contributed by atoms with Crippen LogP contribution in [0, 0.1) is 0 Å². The molecule has 0 amide bonds. The van der Waals surface area contributed by atoms with E-state index >= 15 is 0 Å². The number of hydrogen-bond acceptors (Lipinski definition) is 0. The van der Waals surface area contributed by atoms with Crippen molar-refractivity contribution in [3.63, 3.8) is 0 Å². The maximum absolute atomic E-state index is 2.81. The minimum absolute atomic E-state index is 1.17. The predicted octanol–water partition coefficient (Wildman–Crippen LogP) is 8.37. The van der Waals surface area contributed by atoms with Gasteiger partial charge in [0, 0.05) is 0 Å². The van der Waals surface area contributed by atoms with E-state index in [1.165, 1.54) is 57.8 Å². The number of rotatable bonds is 14. The Bertz CT molecular complexity index is 293. The summed E-state index contributed by atoms with van der Waals surface area (Å²) < 4.78 is 7.07. The molecule has 0 aromatic rings. The van der Waals surface area contributed by atoms with Crippen LogP contribution in [0.1, 0.15) is 85.5 Å². The molecule has 0 aromatic heterocycles. The van der Waals surface area contributed by atoms with Crippen LogP contribution in [0.15, 0.2) is 9.29 Å². The topological polar surface area (TPSA) is 0 Å². The van der Waals surface area contributed by atoms with Gasteiger partial charge in [-0.2, -0.15) is 0 Å². The second-order valence-electron chi connectivity index (χ2n) is 8.60. The first-order valence-electron chi connectivity index (χ1n) is 10.6. The van der Waals surface area contributed by atoms with Gasteiger partial charge in [-0.15, -0.1) is 0 Å². The van der Waals surface area contributed by atoms with Crippen LogP contribution in [-0.4, -0.2) is 26.5 Å². The van der Waals surface area contributed by atoms with Crippen molar-refractivity contribution in [2.24, 2.45) is 0 Å². The van der Waals surface area contributed by atoms with Crippen molar-refractivity contribution >= 4 is 26.5 Å². The average molecular weight is 445 g/mol. The summed E-state index contributed by atoms with van der Waals surface area (Å²) in [6.45, 7) is 17.4. The van der Waals surface area contributed by atoms with E-state index in [9.17, 15) is 0 Å². The molecule has 0 aliphatic heterocycles. The zero-order valence-corrected chi connectivity index (χ0v) is 21.4. The number of hydrogen-bond donors (Lipinski definition) is 0. The van der Waals surface area contributed by atoms with Crippen molar-refractivity contribution in [3.8, 4) is 0 Å². The van der Waals surface area contributed by atoms with Crippen molar-refractivity contribution in [2.75, 3.05) is 0 Å². The van der Waals surface area contributed by atoms with Gasteiger partial charge < -0.3 is 0 Å². The Kier molecular flexibility index (Phi) is 13.5. The predicted molar refractivity (Wildman–Crippen MR) is 116 cm³/mol. The first kappa shape index (κ1) is 23.8. The van der Waals surface area contributed by atoms with Crippen LogP contribution in [0.3, 0.4) is 0 Å². The molecule has 2 heteroatoms. The van der Waals surface area contributed by atoms with E-state index in [0.717, 1.165) is 0 Å². The molecule has 0 spiro atoms. The van der Waals surface area contributed by atoms with Crippen LogP contribution in [0.2, 0.25) is 33.0 Å². The number of allylic oxidation sites excluding steroid dienone is 1. The van der Waals surface area contributed by atoms with Crippen molar-refractivity contribution in [1.82, 2.24) is 0 Å². The minimum atomic E-state index is -2.16. The third-order valence-corrected chi connectivity index (χ3v) is 32.2. The van der Waals surface area contributed by atoms with E-state index in [1.807, 2.05) is 0 Å². The van der Waals surface area contributed by atoms with Crippen molar-refractivity contribution in [3.05, 3.63) is 9.29 Å². The molecule has 0 N–H and O–H groups in total. The van der Waals surface area contributed by atoms with E-state index in [2.05, 4.69) is 56.6 Å². The third-order valence-electron chi connectivity index (χ3n) is 5.31. The molecule has 0 aliphatic rings. The first-order chi connectivity index (χ1) is 10.9. The van der Waals surface area contributed by atoms with Crippen LogP contribution < -0.4 is 0 Å². The molecule has 0 aliphatic carbocycles. The molecular formula is C21H46SiSn. The summed E-state index contributed by atoms with van der Waals surface area (Å²) in [6.07, 6.45) is 15.6. The van der Waals surface area contributed by atoms with Gasteiger partial charge in [0.1, 0.15) is 0 Å². The van der Waals surface area contributed by atoms with Gasteiger partial charge in [0.05, 0.1) is 0 Å². The zero-order chi connectivity index (χ0) is 17.8. The Labute approximate surface area is 153 Å². The van der Waals surface area contributed by atoms with Crippen LogP contribution in [0.4, 0.5) is 0 Å². The summed E-state index contributed by atoms with van der Waals surface area (Å²) in [5.74, 6) is 0. The van der Waals surface area contributed by atoms with Crippen molar-refractivity contribution < 1.29 is 0 Å². The van der Waals surface area contributed by atoms with Gasteiger partial charge in [-0.25, -0.2) is 0 Å². The number of unbranched alkanes of at least 4 members (excludes halogenated alkanes) is 5. The Morgan fingerprint density at radius 3 is 1.39 bits per heavy atom. The maximum atomic E-state index is 2.81. The SMILES string of the molecule is CCCC/C=[C](\[Si](C)(C)C)[Sn]([CH2]CCC)([CH2]CCC)[CH2]CCC. The Hall–Kier alpha value is 0.756. The fourth-order valence-corrected chi connectivity index (χ4v) is 37.5. The molecule has 23 heavy (non-hydrogen) atoms. The standard InChI is InChI=1S/C9H19Si.3C4H9.Sn/c1-5-6-7-8-9-10(2,3)4;3*1-3-4-2;/h8H,5-7H2,1-4H3;3*1,3-4H2,2H3;. The van der Waals surface area contributed by atoms with Crippen LogP contribution in [0.5, 0.6) is 0 Å². The molecule has 138 valence electrons. The molecule has 0 unspecified atom stereocenters. The Morgan fingerprint density at radius 1 is 0.696 bits per heavy atom. The van der Waals surface area contributed by atoms with Crippen LogP contribution >= 0.6 is 0 Å². The zero-order valence-electron chi connectivity index (χ0n) is 17.6. The van der Waals surface area contributed by atoms with Crippen molar-refractivity contribution in [2.45, 2.75) is 118 Å². The monoisotopic (exact) mass is 446 g/mol. The first-order valence-corrected chi connectivity index (χ1v) is 21.6. The molecule has 0 nitrogen and oxygen atoms in total. The summed E-state index contributed by atoms with van der Waals surface area (Å²) >= 11 is -2.16. The van der Waals surface area contributed by atoms with E-state index in [0.29, 0.717) is 0 Å². The quantitative estimate of drug-likeness (QED) is 0.186. The second kappa shape index (κ2) is 13.0. The second-order valence-corrected chi connectivity index (χ2v) is 28.2. The molecular weight excluding hydrogens is 399 g/mol. The van der Waals surface area contributed by atoms with Crippen LogP contribution in [-0.2, 0) is 0 Å². The fourth-order valence-electron chi connectivity index (χ4n) is 4.09. The summed E-state index contributed by atoms with van der Waals surface area (Å²) in [7, 11) is -1.17. The molecule has 0 fully saturated rings. The average Bonchev–Trinajstić information content (AvgIpc) is 2.50. The molecule has 0 aromatic carbocycles. The normalized spacial score (nSPS) is 13.6. The molecule has 0 saturated carbocycles. The third kappa shape index (κ3) is 9.14. The molecule has 0 atom stereocenters. The van der Waals surface area contributed by atoms with Gasteiger partial charge in [-0.3, -0.25) is 0 Å². The molecule has 0 rings (SSSR count). The summed E-state index contributed by atoms with van der Waals surface area (Å²) in [6, 6.07) is 0. The van der Waals surface area contributed by atoms with Gasteiger partial charge in [-0.05, 0) is 0 Å². The van der Waals surface area contributed by atoms with Crippen molar-refractivity contribution in [1.29, 1.82) is 0 Å².